The van der Waals surface area contributed by atoms with E-state index >= 15 is 0 Å². The molecule has 0 saturated carbocycles. The third kappa shape index (κ3) is 2.29. The minimum atomic E-state index is -0.216. The quantitative estimate of drug-likeness (QED) is 0.681. The summed E-state index contributed by atoms with van der Waals surface area (Å²) < 4.78 is 13.1. The lowest BCUT2D eigenvalue weighted by molar-refractivity contribution is 0.627. The van der Waals surface area contributed by atoms with Gasteiger partial charge < -0.3 is 0 Å². The molecule has 2 rings (SSSR count). The van der Waals surface area contributed by atoms with Gasteiger partial charge in [0.25, 0.3) is 0 Å². The molecule has 0 bridgehead atoms. The zero-order valence-corrected chi connectivity index (χ0v) is 12.9. The topological polar surface area (TPSA) is 0 Å². The molecule has 104 valence electrons. The van der Waals surface area contributed by atoms with Crippen molar-refractivity contribution in [3.05, 3.63) is 75.6 Å². The van der Waals surface area contributed by atoms with Gasteiger partial charge in [0.15, 0.2) is 0 Å². The van der Waals surface area contributed by atoms with E-state index in [-0.39, 0.29) is 5.82 Å². The van der Waals surface area contributed by atoms with E-state index < -0.39 is 0 Å². The van der Waals surface area contributed by atoms with E-state index in [9.17, 15) is 4.39 Å². The third-order valence-corrected chi connectivity index (χ3v) is 4.49. The first-order chi connectivity index (χ1) is 9.34. The first-order valence-electron chi connectivity index (χ1n) is 6.86. The second-order valence-corrected chi connectivity index (χ2v) is 5.49. The van der Waals surface area contributed by atoms with Gasteiger partial charge in [-0.3, -0.25) is 0 Å². The summed E-state index contributed by atoms with van der Waals surface area (Å²) in [4.78, 5) is 0. The third-order valence-electron chi connectivity index (χ3n) is 4.49. The monoisotopic (exact) mass is 268 g/mol. The van der Waals surface area contributed by atoms with E-state index in [0.717, 1.165) is 11.1 Å². The average molecular weight is 268 g/mol. The second kappa shape index (κ2) is 5.24. The fraction of sp³-hybridized carbons (Fsp3) is 0.263. The van der Waals surface area contributed by atoms with Crippen LogP contribution in [0, 0.1) is 40.4 Å². The Hall–Kier alpha value is -1.89. The zero-order valence-electron chi connectivity index (χ0n) is 12.9. The Kier molecular flexibility index (Phi) is 3.80. The van der Waals surface area contributed by atoms with Crippen molar-refractivity contribution in [3.8, 4) is 0 Å². The number of benzene rings is 2. The van der Waals surface area contributed by atoms with Crippen LogP contribution in [0.2, 0.25) is 0 Å². The van der Waals surface area contributed by atoms with Gasteiger partial charge in [0, 0.05) is 0 Å². The van der Waals surface area contributed by atoms with Crippen LogP contribution >= 0.6 is 0 Å². The maximum Gasteiger partial charge on any atom is 0.123 e. The van der Waals surface area contributed by atoms with Gasteiger partial charge in [-0.2, -0.15) is 0 Å². The standard InChI is InChI=1S/C19H21F/c1-11-12(2)14(4)19(15(5)13(11)3)16(6)17-7-9-18(20)10-8-17/h7-10H,6H2,1-5H3. The molecule has 0 aromatic heterocycles. The van der Waals surface area contributed by atoms with E-state index in [2.05, 4.69) is 41.2 Å². The van der Waals surface area contributed by atoms with Crippen LogP contribution < -0.4 is 0 Å². The largest absolute Gasteiger partial charge is 0.207 e. The highest BCUT2D eigenvalue weighted by Crippen LogP contribution is 2.33. The van der Waals surface area contributed by atoms with Crippen LogP contribution in [0.4, 0.5) is 4.39 Å². The van der Waals surface area contributed by atoms with E-state index in [0.29, 0.717) is 0 Å². The lowest BCUT2D eigenvalue weighted by Gasteiger charge is -2.20. The lowest BCUT2D eigenvalue weighted by atomic mass is 9.84. The summed E-state index contributed by atoms with van der Waals surface area (Å²) in [5.41, 5.74) is 9.62. The van der Waals surface area contributed by atoms with Crippen LogP contribution in [-0.2, 0) is 0 Å². The van der Waals surface area contributed by atoms with Crippen molar-refractivity contribution >= 4 is 5.57 Å². The van der Waals surface area contributed by atoms with Crippen LogP contribution in [0.5, 0.6) is 0 Å². The van der Waals surface area contributed by atoms with Crippen LogP contribution in [0.15, 0.2) is 30.8 Å². The van der Waals surface area contributed by atoms with Gasteiger partial charge in [-0.05, 0) is 91.3 Å². The molecule has 0 amide bonds. The lowest BCUT2D eigenvalue weighted by Crippen LogP contribution is -2.02. The molecule has 0 heterocycles. The highest BCUT2D eigenvalue weighted by molar-refractivity contribution is 5.82. The van der Waals surface area contributed by atoms with Crippen LogP contribution in [-0.4, -0.2) is 0 Å². The van der Waals surface area contributed by atoms with E-state index in [1.54, 1.807) is 12.1 Å². The first kappa shape index (κ1) is 14.5. The van der Waals surface area contributed by atoms with Crippen molar-refractivity contribution in [2.24, 2.45) is 0 Å². The number of hydrogen-bond acceptors (Lipinski definition) is 0. The zero-order chi connectivity index (χ0) is 15.0. The summed E-state index contributed by atoms with van der Waals surface area (Å²) in [6.07, 6.45) is 0. The molecule has 1 heteroatoms. The van der Waals surface area contributed by atoms with Crippen LogP contribution in [0.25, 0.3) is 5.57 Å². The fourth-order valence-electron chi connectivity index (χ4n) is 2.75. The number of rotatable bonds is 2. The molecule has 0 atom stereocenters. The minimum absolute atomic E-state index is 0.216. The molecule has 0 saturated heterocycles. The van der Waals surface area contributed by atoms with Gasteiger partial charge >= 0.3 is 0 Å². The maximum absolute atomic E-state index is 13.1. The Balaban J connectivity index is 2.64. The molecule has 2 aromatic carbocycles. The van der Waals surface area contributed by atoms with Crippen molar-refractivity contribution in [2.75, 3.05) is 0 Å². The molecular formula is C19H21F. The fourth-order valence-corrected chi connectivity index (χ4v) is 2.75. The predicted molar refractivity (Wildman–Crippen MR) is 84.7 cm³/mol. The average Bonchev–Trinajstić information content (AvgIpc) is 2.44. The second-order valence-electron chi connectivity index (χ2n) is 5.49. The highest BCUT2D eigenvalue weighted by atomic mass is 19.1. The molecule has 20 heavy (non-hydrogen) atoms. The van der Waals surface area contributed by atoms with Crippen molar-refractivity contribution in [1.82, 2.24) is 0 Å². The Labute approximate surface area is 121 Å². The molecule has 0 spiro atoms. The van der Waals surface area contributed by atoms with Crippen molar-refractivity contribution in [2.45, 2.75) is 34.6 Å². The summed E-state index contributed by atoms with van der Waals surface area (Å²) in [6, 6.07) is 6.56. The first-order valence-corrected chi connectivity index (χ1v) is 6.86. The summed E-state index contributed by atoms with van der Waals surface area (Å²) in [6.45, 7) is 15.0. The van der Waals surface area contributed by atoms with Crippen molar-refractivity contribution < 1.29 is 4.39 Å². The van der Waals surface area contributed by atoms with Gasteiger partial charge in [-0.25, -0.2) is 4.39 Å². The predicted octanol–water partition coefficient (Wildman–Crippen LogP) is 5.43. The van der Waals surface area contributed by atoms with E-state index in [1.807, 2.05) is 0 Å². The van der Waals surface area contributed by atoms with Crippen LogP contribution in [0.3, 0.4) is 0 Å². The van der Waals surface area contributed by atoms with Gasteiger partial charge in [0.05, 0.1) is 0 Å². The SMILES string of the molecule is C=C(c1ccc(F)cc1)c1c(C)c(C)c(C)c(C)c1C. The minimum Gasteiger partial charge on any atom is -0.207 e. The molecule has 0 unspecified atom stereocenters. The summed E-state index contributed by atoms with van der Waals surface area (Å²) in [7, 11) is 0. The van der Waals surface area contributed by atoms with Crippen molar-refractivity contribution in [1.29, 1.82) is 0 Å². The maximum atomic E-state index is 13.1. The molecule has 0 N–H and O–H groups in total. The van der Waals surface area contributed by atoms with Crippen LogP contribution in [0.1, 0.15) is 38.9 Å². The summed E-state index contributed by atoms with van der Waals surface area (Å²) >= 11 is 0. The molecular weight excluding hydrogens is 247 g/mol. The molecule has 0 radical (unpaired) electrons. The molecule has 0 nitrogen and oxygen atoms in total. The smallest absolute Gasteiger partial charge is 0.123 e. The molecule has 0 aliphatic rings. The Morgan fingerprint density at radius 3 is 1.60 bits per heavy atom. The number of hydrogen-bond donors (Lipinski definition) is 0. The molecule has 0 fully saturated rings. The Morgan fingerprint density at radius 1 is 0.750 bits per heavy atom. The van der Waals surface area contributed by atoms with E-state index in [1.165, 1.54) is 45.5 Å². The summed E-state index contributed by atoms with van der Waals surface area (Å²) in [5, 5.41) is 0. The van der Waals surface area contributed by atoms with Gasteiger partial charge in [0.2, 0.25) is 0 Å². The Morgan fingerprint density at radius 2 is 1.15 bits per heavy atom. The molecule has 0 aliphatic carbocycles. The summed E-state index contributed by atoms with van der Waals surface area (Å²) in [5.74, 6) is -0.216. The van der Waals surface area contributed by atoms with E-state index in [4.69, 9.17) is 0 Å². The van der Waals surface area contributed by atoms with Gasteiger partial charge in [-0.1, -0.05) is 18.7 Å². The normalized spacial score (nSPS) is 10.7. The molecule has 0 aliphatic heterocycles. The van der Waals surface area contributed by atoms with Gasteiger partial charge in [-0.15, -0.1) is 0 Å². The Bertz CT molecular complexity index is 647. The van der Waals surface area contributed by atoms with Crippen molar-refractivity contribution in [3.63, 3.8) is 0 Å². The molecule has 2 aromatic rings. The van der Waals surface area contributed by atoms with Gasteiger partial charge in [0.1, 0.15) is 5.82 Å². The highest BCUT2D eigenvalue weighted by Gasteiger charge is 2.15. The number of halogens is 1.